The third kappa shape index (κ3) is 4.71. The smallest absolute Gasteiger partial charge is 0.263 e. The standard InChI is InChI=1S/C22H27ClN2O3/c1-4-27-21-8-6-5-7-19(21)24-11-13-25(14-12-24)22(26)17(3)28-20-10-9-18(23)15-16(20)2/h5-10,15,17H,4,11-14H2,1-3H3. The highest BCUT2D eigenvalue weighted by molar-refractivity contribution is 6.30. The van der Waals surface area contributed by atoms with Crippen LogP contribution in [0.3, 0.4) is 0 Å². The number of benzene rings is 2. The number of rotatable bonds is 6. The molecule has 0 spiro atoms. The molecule has 0 N–H and O–H groups in total. The molecular formula is C22H27ClN2O3. The number of ether oxygens (including phenoxy) is 2. The maximum atomic E-state index is 12.8. The SMILES string of the molecule is CCOc1ccccc1N1CCN(C(=O)C(C)Oc2ccc(Cl)cc2C)CC1. The summed E-state index contributed by atoms with van der Waals surface area (Å²) in [5, 5.41) is 0.660. The van der Waals surface area contributed by atoms with Crippen molar-refractivity contribution in [3.8, 4) is 11.5 Å². The van der Waals surface area contributed by atoms with E-state index >= 15 is 0 Å². The topological polar surface area (TPSA) is 42.0 Å². The summed E-state index contributed by atoms with van der Waals surface area (Å²) in [5.41, 5.74) is 2.00. The van der Waals surface area contributed by atoms with Crippen LogP contribution in [0.4, 0.5) is 5.69 Å². The van der Waals surface area contributed by atoms with Gasteiger partial charge in [-0.1, -0.05) is 23.7 Å². The predicted molar refractivity (Wildman–Crippen MR) is 113 cm³/mol. The molecule has 1 heterocycles. The Labute approximate surface area is 171 Å². The van der Waals surface area contributed by atoms with Crippen molar-refractivity contribution in [2.75, 3.05) is 37.7 Å². The van der Waals surface area contributed by atoms with Gasteiger partial charge in [0.1, 0.15) is 11.5 Å². The lowest BCUT2D eigenvalue weighted by Crippen LogP contribution is -2.52. The van der Waals surface area contributed by atoms with Crippen molar-refractivity contribution in [1.82, 2.24) is 4.90 Å². The van der Waals surface area contributed by atoms with Crippen LogP contribution in [-0.2, 0) is 4.79 Å². The number of carbonyl (C=O) groups excluding carboxylic acids is 1. The Morgan fingerprint density at radius 2 is 1.82 bits per heavy atom. The Hall–Kier alpha value is -2.40. The van der Waals surface area contributed by atoms with E-state index in [1.807, 2.05) is 49.1 Å². The fourth-order valence-corrected chi connectivity index (χ4v) is 3.63. The third-order valence-corrected chi connectivity index (χ3v) is 5.12. The first-order valence-corrected chi connectivity index (χ1v) is 10.1. The summed E-state index contributed by atoms with van der Waals surface area (Å²) in [6, 6.07) is 13.5. The van der Waals surface area contributed by atoms with Crippen LogP contribution in [0.15, 0.2) is 42.5 Å². The van der Waals surface area contributed by atoms with Gasteiger partial charge >= 0.3 is 0 Å². The molecule has 0 bridgehead atoms. The Morgan fingerprint density at radius 1 is 1.11 bits per heavy atom. The number of aryl methyl sites for hydroxylation is 1. The number of para-hydroxylation sites is 2. The van der Waals surface area contributed by atoms with Crippen molar-refractivity contribution < 1.29 is 14.3 Å². The molecule has 1 aliphatic heterocycles. The second-order valence-corrected chi connectivity index (χ2v) is 7.32. The molecule has 6 heteroatoms. The van der Waals surface area contributed by atoms with Gasteiger partial charge in [0.2, 0.25) is 0 Å². The molecule has 28 heavy (non-hydrogen) atoms. The number of hydrogen-bond acceptors (Lipinski definition) is 4. The van der Waals surface area contributed by atoms with Gasteiger partial charge in [-0.15, -0.1) is 0 Å². The molecule has 5 nitrogen and oxygen atoms in total. The molecule has 1 unspecified atom stereocenters. The molecule has 0 aromatic heterocycles. The lowest BCUT2D eigenvalue weighted by atomic mass is 10.2. The van der Waals surface area contributed by atoms with E-state index in [2.05, 4.69) is 11.0 Å². The van der Waals surface area contributed by atoms with Crippen molar-refractivity contribution in [1.29, 1.82) is 0 Å². The Kier molecular flexibility index (Phi) is 6.68. The van der Waals surface area contributed by atoms with E-state index in [-0.39, 0.29) is 5.91 Å². The summed E-state index contributed by atoms with van der Waals surface area (Å²) < 4.78 is 11.6. The summed E-state index contributed by atoms with van der Waals surface area (Å²) in [6.45, 7) is 9.19. The van der Waals surface area contributed by atoms with Gasteiger partial charge in [-0.25, -0.2) is 0 Å². The molecule has 1 atom stereocenters. The Balaban J connectivity index is 1.59. The monoisotopic (exact) mass is 402 g/mol. The van der Waals surface area contributed by atoms with E-state index in [9.17, 15) is 4.79 Å². The maximum absolute atomic E-state index is 12.8. The second kappa shape index (κ2) is 9.20. The minimum Gasteiger partial charge on any atom is -0.492 e. The molecule has 0 saturated carbocycles. The third-order valence-electron chi connectivity index (χ3n) is 4.89. The molecule has 3 rings (SSSR count). The Bertz CT molecular complexity index is 819. The predicted octanol–water partition coefficient (Wildman–Crippen LogP) is 4.16. The Morgan fingerprint density at radius 3 is 2.50 bits per heavy atom. The first-order chi connectivity index (χ1) is 13.5. The van der Waals surface area contributed by atoms with Gasteiger partial charge in [0.15, 0.2) is 6.10 Å². The largest absolute Gasteiger partial charge is 0.492 e. The number of piperazine rings is 1. The number of nitrogens with zero attached hydrogens (tertiary/aromatic N) is 2. The van der Waals surface area contributed by atoms with E-state index in [1.165, 1.54) is 0 Å². The minimum atomic E-state index is -0.540. The first kappa shape index (κ1) is 20.3. The van der Waals surface area contributed by atoms with Gasteiger partial charge in [-0.2, -0.15) is 0 Å². The highest BCUT2D eigenvalue weighted by atomic mass is 35.5. The number of amides is 1. The normalized spacial score (nSPS) is 15.3. The summed E-state index contributed by atoms with van der Waals surface area (Å²) in [6.07, 6.45) is -0.540. The molecule has 0 aliphatic carbocycles. The molecule has 1 fully saturated rings. The van der Waals surface area contributed by atoms with Crippen molar-refractivity contribution in [3.63, 3.8) is 0 Å². The zero-order chi connectivity index (χ0) is 20.1. The van der Waals surface area contributed by atoms with Crippen LogP contribution in [0, 0.1) is 6.92 Å². The zero-order valence-electron chi connectivity index (χ0n) is 16.7. The van der Waals surface area contributed by atoms with Crippen LogP contribution in [0.1, 0.15) is 19.4 Å². The average Bonchev–Trinajstić information content (AvgIpc) is 2.70. The quantitative estimate of drug-likeness (QED) is 0.727. The summed E-state index contributed by atoms with van der Waals surface area (Å²) in [7, 11) is 0. The van der Waals surface area contributed by atoms with Gasteiger partial charge in [-0.05, 0) is 56.7 Å². The van der Waals surface area contributed by atoms with E-state index in [1.54, 1.807) is 13.0 Å². The molecule has 0 radical (unpaired) electrons. The van der Waals surface area contributed by atoms with Crippen molar-refractivity contribution in [2.45, 2.75) is 26.9 Å². The number of halogens is 1. The zero-order valence-corrected chi connectivity index (χ0v) is 17.4. The van der Waals surface area contributed by atoms with E-state index in [0.717, 1.165) is 30.1 Å². The number of anilines is 1. The van der Waals surface area contributed by atoms with Crippen LogP contribution in [0.25, 0.3) is 0 Å². The fourth-order valence-electron chi connectivity index (χ4n) is 3.41. The van der Waals surface area contributed by atoms with Gasteiger partial charge in [0.25, 0.3) is 5.91 Å². The van der Waals surface area contributed by atoms with Crippen LogP contribution in [0.5, 0.6) is 11.5 Å². The van der Waals surface area contributed by atoms with E-state index in [0.29, 0.717) is 30.5 Å². The van der Waals surface area contributed by atoms with E-state index in [4.69, 9.17) is 21.1 Å². The van der Waals surface area contributed by atoms with Crippen LogP contribution in [0.2, 0.25) is 5.02 Å². The van der Waals surface area contributed by atoms with Crippen molar-refractivity contribution in [3.05, 3.63) is 53.1 Å². The summed E-state index contributed by atoms with van der Waals surface area (Å²) in [5.74, 6) is 1.58. The molecule has 2 aromatic rings. The van der Waals surface area contributed by atoms with Gasteiger partial charge < -0.3 is 19.3 Å². The lowest BCUT2D eigenvalue weighted by Gasteiger charge is -2.37. The van der Waals surface area contributed by atoms with Gasteiger partial charge in [-0.3, -0.25) is 4.79 Å². The van der Waals surface area contributed by atoms with Gasteiger partial charge in [0.05, 0.1) is 12.3 Å². The molecule has 1 aliphatic rings. The van der Waals surface area contributed by atoms with Crippen molar-refractivity contribution >= 4 is 23.2 Å². The van der Waals surface area contributed by atoms with Gasteiger partial charge in [0, 0.05) is 31.2 Å². The lowest BCUT2D eigenvalue weighted by molar-refractivity contribution is -0.138. The molecule has 2 aromatic carbocycles. The minimum absolute atomic E-state index is 0.00657. The molecular weight excluding hydrogens is 376 g/mol. The van der Waals surface area contributed by atoms with E-state index < -0.39 is 6.10 Å². The van der Waals surface area contributed by atoms with Crippen LogP contribution in [-0.4, -0.2) is 49.7 Å². The van der Waals surface area contributed by atoms with Crippen molar-refractivity contribution in [2.24, 2.45) is 0 Å². The maximum Gasteiger partial charge on any atom is 0.263 e. The molecule has 1 saturated heterocycles. The molecule has 1 amide bonds. The van der Waals surface area contributed by atoms with Crippen LogP contribution >= 0.6 is 11.6 Å². The second-order valence-electron chi connectivity index (χ2n) is 6.88. The fraction of sp³-hybridized carbons (Fsp3) is 0.409. The first-order valence-electron chi connectivity index (χ1n) is 9.68. The average molecular weight is 403 g/mol. The highest BCUT2D eigenvalue weighted by Crippen LogP contribution is 2.29. The number of hydrogen-bond donors (Lipinski definition) is 0. The summed E-state index contributed by atoms with van der Waals surface area (Å²) >= 11 is 5.99. The number of carbonyl (C=O) groups is 1. The van der Waals surface area contributed by atoms with Crippen LogP contribution < -0.4 is 14.4 Å². The highest BCUT2D eigenvalue weighted by Gasteiger charge is 2.27. The summed E-state index contributed by atoms with van der Waals surface area (Å²) in [4.78, 5) is 17.0. The molecule has 150 valence electrons.